The zero-order valence-corrected chi connectivity index (χ0v) is 12.9. The first-order valence-corrected chi connectivity index (χ1v) is 6.96. The highest BCUT2D eigenvalue weighted by Crippen LogP contribution is 2.21. The lowest BCUT2D eigenvalue weighted by Gasteiger charge is -2.23. The zero-order valence-electron chi connectivity index (χ0n) is 12.9. The maximum absolute atomic E-state index is 5.91. The molecule has 0 saturated carbocycles. The Hall–Kier alpha value is -1.06. The molecule has 0 atom stereocenters. The van der Waals surface area contributed by atoms with Crippen LogP contribution in [0.5, 0.6) is 5.75 Å². The van der Waals surface area contributed by atoms with Crippen LogP contribution < -0.4 is 10.1 Å². The molecule has 0 spiro atoms. The van der Waals surface area contributed by atoms with E-state index in [1.54, 1.807) is 7.11 Å². The predicted molar refractivity (Wildman–Crippen MR) is 79.8 cm³/mol. The molecule has 1 N–H and O–H groups in total. The summed E-state index contributed by atoms with van der Waals surface area (Å²) in [6, 6.07) is 6.33. The van der Waals surface area contributed by atoms with Crippen LogP contribution in [-0.2, 0) is 11.3 Å². The van der Waals surface area contributed by atoms with Crippen molar-refractivity contribution >= 4 is 0 Å². The first-order valence-electron chi connectivity index (χ1n) is 6.96. The second-order valence-electron chi connectivity index (χ2n) is 5.45. The molecular formula is C16H27NO2. The number of nitrogens with one attached hydrogen (secondary N) is 1. The lowest BCUT2D eigenvalue weighted by atomic mass is 10.1. The van der Waals surface area contributed by atoms with Crippen molar-refractivity contribution in [3.05, 3.63) is 29.3 Å². The topological polar surface area (TPSA) is 30.5 Å². The number of aryl methyl sites for hydroxylation is 1. The van der Waals surface area contributed by atoms with Gasteiger partial charge in [-0.1, -0.05) is 24.6 Å². The van der Waals surface area contributed by atoms with Crippen LogP contribution in [0.4, 0.5) is 0 Å². The van der Waals surface area contributed by atoms with Crippen LogP contribution in [0.2, 0.25) is 0 Å². The fourth-order valence-electron chi connectivity index (χ4n) is 1.76. The molecule has 108 valence electrons. The van der Waals surface area contributed by atoms with E-state index in [-0.39, 0.29) is 5.60 Å². The largest absolute Gasteiger partial charge is 0.493 e. The van der Waals surface area contributed by atoms with E-state index >= 15 is 0 Å². The number of hydrogen-bond donors (Lipinski definition) is 1. The van der Waals surface area contributed by atoms with Crippen molar-refractivity contribution in [1.82, 2.24) is 5.32 Å². The van der Waals surface area contributed by atoms with Crippen LogP contribution in [0.1, 0.15) is 38.3 Å². The van der Waals surface area contributed by atoms with Gasteiger partial charge in [-0.2, -0.15) is 0 Å². The van der Waals surface area contributed by atoms with Gasteiger partial charge in [0, 0.05) is 25.6 Å². The first kappa shape index (κ1) is 16.0. The Morgan fingerprint density at radius 1 is 1.26 bits per heavy atom. The van der Waals surface area contributed by atoms with Gasteiger partial charge in [-0.3, -0.25) is 0 Å². The number of benzene rings is 1. The van der Waals surface area contributed by atoms with Crippen molar-refractivity contribution < 1.29 is 9.47 Å². The van der Waals surface area contributed by atoms with E-state index in [0.717, 1.165) is 25.3 Å². The lowest BCUT2D eigenvalue weighted by molar-refractivity contribution is 0.00537. The summed E-state index contributed by atoms with van der Waals surface area (Å²) >= 11 is 0. The second kappa shape index (κ2) is 7.51. The summed E-state index contributed by atoms with van der Waals surface area (Å²) in [6.45, 7) is 10.8. The van der Waals surface area contributed by atoms with Crippen molar-refractivity contribution in [2.45, 2.75) is 46.3 Å². The van der Waals surface area contributed by atoms with Crippen molar-refractivity contribution in [2.24, 2.45) is 0 Å². The molecule has 3 nitrogen and oxygen atoms in total. The predicted octanol–water partition coefficient (Wildman–Crippen LogP) is 3.30. The van der Waals surface area contributed by atoms with Gasteiger partial charge in [-0.05, 0) is 33.4 Å². The van der Waals surface area contributed by atoms with E-state index in [4.69, 9.17) is 9.47 Å². The Labute approximate surface area is 117 Å². The van der Waals surface area contributed by atoms with E-state index in [2.05, 4.69) is 51.2 Å². The van der Waals surface area contributed by atoms with Gasteiger partial charge in [0.05, 0.1) is 12.2 Å². The van der Waals surface area contributed by atoms with Crippen LogP contribution in [0.3, 0.4) is 0 Å². The Balaban J connectivity index is 2.61. The normalized spacial score (nSPS) is 11.6. The molecule has 1 aromatic carbocycles. The van der Waals surface area contributed by atoms with Gasteiger partial charge >= 0.3 is 0 Å². The molecule has 0 radical (unpaired) electrons. The number of methoxy groups -OCH3 is 1. The van der Waals surface area contributed by atoms with Crippen molar-refractivity contribution in [2.75, 3.05) is 20.3 Å². The Morgan fingerprint density at radius 2 is 2.00 bits per heavy atom. The molecule has 3 heteroatoms. The molecule has 0 bridgehead atoms. The average Bonchev–Trinajstić information content (AvgIpc) is 2.38. The second-order valence-corrected chi connectivity index (χ2v) is 5.45. The van der Waals surface area contributed by atoms with Crippen LogP contribution in [0, 0.1) is 6.92 Å². The monoisotopic (exact) mass is 265 g/mol. The standard InChI is InChI=1S/C16H27NO2/c1-6-17-12-14-11-13(2)7-8-15(14)19-10-9-16(3,4)18-5/h7-8,11,17H,6,9-10,12H2,1-5H3. The average molecular weight is 265 g/mol. The SMILES string of the molecule is CCNCc1cc(C)ccc1OCCC(C)(C)OC. The molecule has 0 aliphatic carbocycles. The molecule has 0 saturated heterocycles. The molecule has 1 rings (SSSR count). The van der Waals surface area contributed by atoms with Crippen LogP contribution in [0.15, 0.2) is 18.2 Å². The molecule has 0 amide bonds. The summed E-state index contributed by atoms with van der Waals surface area (Å²) in [5.41, 5.74) is 2.35. The minimum Gasteiger partial charge on any atom is -0.493 e. The summed E-state index contributed by atoms with van der Waals surface area (Å²) in [5.74, 6) is 0.971. The smallest absolute Gasteiger partial charge is 0.123 e. The van der Waals surface area contributed by atoms with E-state index in [0.29, 0.717) is 6.61 Å². The molecule has 0 aliphatic rings. The van der Waals surface area contributed by atoms with E-state index in [9.17, 15) is 0 Å². The number of rotatable bonds is 8. The van der Waals surface area contributed by atoms with E-state index < -0.39 is 0 Å². The summed E-state index contributed by atoms with van der Waals surface area (Å²) < 4.78 is 11.3. The van der Waals surface area contributed by atoms with Crippen molar-refractivity contribution in [1.29, 1.82) is 0 Å². The fraction of sp³-hybridized carbons (Fsp3) is 0.625. The van der Waals surface area contributed by atoms with Gasteiger partial charge < -0.3 is 14.8 Å². The molecule has 0 aliphatic heterocycles. The molecule has 0 heterocycles. The molecular weight excluding hydrogens is 238 g/mol. The fourth-order valence-corrected chi connectivity index (χ4v) is 1.76. The summed E-state index contributed by atoms with van der Waals surface area (Å²) in [5, 5.41) is 3.35. The quantitative estimate of drug-likeness (QED) is 0.782. The van der Waals surface area contributed by atoms with Crippen molar-refractivity contribution in [3.63, 3.8) is 0 Å². The Morgan fingerprint density at radius 3 is 2.63 bits per heavy atom. The molecule has 19 heavy (non-hydrogen) atoms. The Kier molecular flexibility index (Phi) is 6.32. The minimum atomic E-state index is -0.132. The highest BCUT2D eigenvalue weighted by Gasteiger charge is 2.16. The van der Waals surface area contributed by atoms with E-state index in [1.807, 2.05) is 0 Å². The van der Waals surface area contributed by atoms with E-state index in [1.165, 1.54) is 11.1 Å². The van der Waals surface area contributed by atoms with Gasteiger partial charge in [0.25, 0.3) is 0 Å². The highest BCUT2D eigenvalue weighted by atomic mass is 16.5. The summed E-state index contributed by atoms with van der Waals surface area (Å²) in [4.78, 5) is 0. The van der Waals surface area contributed by atoms with Gasteiger partial charge in [0.1, 0.15) is 5.75 Å². The molecule has 0 aromatic heterocycles. The van der Waals surface area contributed by atoms with Gasteiger partial charge in [-0.25, -0.2) is 0 Å². The number of hydrogen-bond acceptors (Lipinski definition) is 3. The maximum atomic E-state index is 5.91. The molecule has 0 unspecified atom stereocenters. The van der Waals surface area contributed by atoms with Gasteiger partial charge in [-0.15, -0.1) is 0 Å². The maximum Gasteiger partial charge on any atom is 0.123 e. The van der Waals surface area contributed by atoms with Crippen molar-refractivity contribution in [3.8, 4) is 5.75 Å². The van der Waals surface area contributed by atoms with Crippen LogP contribution in [0.25, 0.3) is 0 Å². The summed E-state index contributed by atoms with van der Waals surface area (Å²) in [6.07, 6.45) is 0.873. The van der Waals surface area contributed by atoms with Gasteiger partial charge in [0.15, 0.2) is 0 Å². The van der Waals surface area contributed by atoms with Crippen LogP contribution in [-0.4, -0.2) is 25.9 Å². The summed E-state index contributed by atoms with van der Waals surface area (Å²) in [7, 11) is 1.74. The molecule has 0 fully saturated rings. The number of ether oxygens (including phenoxy) is 2. The minimum absolute atomic E-state index is 0.132. The Bertz CT molecular complexity index is 388. The lowest BCUT2D eigenvalue weighted by Crippen LogP contribution is -2.25. The zero-order chi connectivity index (χ0) is 14.3. The third kappa shape index (κ3) is 5.62. The van der Waals surface area contributed by atoms with Crippen LogP contribution >= 0.6 is 0 Å². The third-order valence-corrected chi connectivity index (χ3v) is 3.30. The highest BCUT2D eigenvalue weighted by molar-refractivity contribution is 5.36. The third-order valence-electron chi connectivity index (χ3n) is 3.30. The first-order chi connectivity index (χ1) is 8.98. The van der Waals surface area contributed by atoms with Gasteiger partial charge in [0.2, 0.25) is 0 Å². The molecule has 1 aromatic rings.